The summed E-state index contributed by atoms with van der Waals surface area (Å²) in [7, 11) is 1.58. The third-order valence-electron chi connectivity index (χ3n) is 7.75. The molecular weight excluding hydrogens is 677 g/mol. The summed E-state index contributed by atoms with van der Waals surface area (Å²) in [6.45, 7) is 2.45. The van der Waals surface area contributed by atoms with Crippen molar-refractivity contribution in [3.8, 4) is 0 Å². The molecule has 1 aromatic carbocycles. The number of thiocarbonyl (C=S) groups is 1. The molecule has 18 heteroatoms. The molecule has 5 rings (SSSR count). The van der Waals surface area contributed by atoms with Gasteiger partial charge in [0.1, 0.15) is 29.4 Å². The number of amides is 3. The monoisotopic (exact) mass is 703 g/mol. The lowest BCUT2D eigenvalue weighted by Crippen LogP contribution is -2.80. The number of benzene rings is 1. The van der Waals surface area contributed by atoms with Crippen molar-refractivity contribution in [2.24, 2.45) is 13.0 Å². The van der Waals surface area contributed by atoms with Crippen LogP contribution in [-0.4, -0.2) is 94.4 Å². The number of hydrogen-bond acceptors (Lipinski definition) is 11. The van der Waals surface area contributed by atoms with Crippen LogP contribution in [0.4, 0.5) is 10.5 Å². The van der Waals surface area contributed by atoms with Crippen LogP contribution in [0.2, 0.25) is 0 Å². The van der Waals surface area contributed by atoms with E-state index in [2.05, 4.69) is 20.8 Å². The molecule has 2 saturated heterocycles. The van der Waals surface area contributed by atoms with E-state index in [1.54, 1.807) is 44.3 Å². The summed E-state index contributed by atoms with van der Waals surface area (Å²) in [5.74, 6) is -1.66. The predicted molar refractivity (Wildman–Crippen MR) is 166 cm³/mol. The fourth-order valence-electron chi connectivity index (χ4n) is 5.36. The minimum Gasteiger partial charge on any atom is -0.460 e. The molecule has 1 aliphatic carbocycles. The van der Waals surface area contributed by atoms with Gasteiger partial charge >= 0.3 is 12.1 Å². The number of β-lactam (4-membered cyclic amide) rings is 1. The number of carbonyl (C=O) groups excluding carboxylic acids is 4. The lowest BCUT2D eigenvalue weighted by atomic mass is 9.85. The Labute approximate surface area is 277 Å². The second-order valence-electron chi connectivity index (χ2n) is 10.9. The number of anilines is 1. The number of aromatic nitrogens is 4. The molecule has 0 spiro atoms. The first kappa shape index (κ1) is 32.7. The molecule has 0 radical (unpaired) electrons. The van der Waals surface area contributed by atoms with Crippen LogP contribution in [0.1, 0.15) is 32.5 Å². The van der Waals surface area contributed by atoms with E-state index in [1.165, 1.54) is 14.5 Å². The predicted octanol–water partition coefficient (Wildman–Crippen LogP) is 2.92. The van der Waals surface area contributed by atoms with Crippen molar-refractivity contribution in [2.75, 3.05) is 18.1 Å². The number of thioether (sulfide) groups is 1. The summed E-state index contributed by atoms with van der Waals surface area (Å²) in [6, 6.07) is 7.30. The Morgan fingerprint density at radius 2 is 1.95 bits per heavy atom. The van der Waals surface area contributed by atoms with Gasteiger partial charge < -0.3 is 19.7 Å². The number of aryl methyl sites for hydroxylation is 1. The first-order valence-electron chi connectivity index (χ1n) is 13.5. The first-order valence-corrected chi connectivity index (χ1v) is 16.0. The maximum Gasteiger partial charge on any atom is 0.415 e. The molecule has 2 aromatic rings. The zero-order chi connectivity index (χ0) is 32.0. The third-order valence-corrected chi connectivity index (χ3v) is 10.2. The number of hydrogen-bond donors (Lipinski definition) is 1. The van der Waals surface area contributed by atoms with E-state index in [0.29, 0.717) is 5.69 Å². The normalized spacial score (nSPS) is 26.7. The molecule has 3 fully saturated rings. The van der Waals surface area contributed by atoms with Crippen LogP contribution >= 0.6 is 58.8 Å². The number of halogens is 3. The van der Waals surface area contributed by atoms with Crippen molar-refractivity contribution in [3.63, 3.8) is 0 Å². The average Bonchev–Trinajstić information content (AvgIpc) is 3.68. The fourth-order valence-corrected chi connectivity index (χ4v) is 7.72. The zero-order valence-electron chi connectivity index (χ0n) is 23.7. The molecular formula is C26H28Cl3N7O6S2. The summed E-state index contributed by atoms with van der Waals surface area (Å²) in [5, 5.41) is 14.6. The van der Waals surface area contributed by atoms with E-state index in [9.17, 15) is 19.2 Å². The van der Waals surface area contributed by atoms with Crippen molar-refractivity contribution >= 4 is 93.7 Å². The SMILES string of the molecule is CC(OC(=O)N(CC(=O)NC1(C=S)C(=O)N2C(C(=O)OCC(Cl)(Cl)Cl)C(C)(c3nnnn3C)S[C@H]21)c1ccccc1)C1CC1. The fraction of sp³-hybridized carbons (Fsp3) is 0.538. The van der Waals surface area contributed by atoms with Crippen molar-refractivity contribution in [1.29, 1.82) is 0 Å². The molecule has 5 atom stereocenters. The van der Waals surface area contributed by atoms with Gasteiger partial charge in [-0.25, -0.2) is 14.3 Å². The van der Waals surface area contributed by atoms with Gasteiger partial charge in [0.25, 0.3) is 5.91 Å². The van der Waals surface area contributed by atoms with Crippen LogP contribution in [0.3, 0.4) is 0 Å². The Morgan fingerprint density at radius 1 is 1.27 bits per heavy atom. The van der Waals surface area contributed by atoms with Crippen LogP contribution in [-0.2, 0) is 35.7 Å². The van der Waals surface area contributed by atoms with Crippen molar-refractivity contribution in [2.45, 2.75) is 58.3 Å². The molecule has 0 bridgehead atoms. The van der Waals surface area contributed by atoms with Gasteiger partial charge in [-0.3, -0.25) is 14.5 Å². The Bertz CT molecular complexity index is 1480. The van der Waals surface area contributed by atoms with E-state index in [4.69, 9.17) is 56.5 Å². The molecule has 236 valence electrons. The Morgan fingerprint density at radius 3 is 2.52 bits per heavy atom. The molecule has 1 saturated carbocycles. The molecule has 44 heavy (non-hydrogen) atoms. The molecule has 4 unspecified atom stereocenters. The van der Waals surface area contributed by atoms with Gasteiger partial charge in [0.05, 0.1) is 0 Å². The summed E-state index contributed by atoms with van der Waals surface area (Å²) < 4.78 is 9.15. The second kappa shape index (κ2) is 12.2. The minimum atomic E-state index is -1.89. The van der Waals surface area contributed by atoms with Gasteiger partial charge in [-0.05, 0) is 55.2 Å². The number of rotatable bonds is 10. The largest absolute Gasteiger partial charge is 0.460 e. The molecule has 13 nitrogen and oxygen atoms in total. The number of nitrogens with zero attached hydrogens (tertiary/aromatic N) is 6. The quantitative estimate of drug-likeness (QED) is 0.168. The second-order valence-corrected chi connectivity index (χ2v) is 15.2. The number of fused-ring (bicyclic) bond motifs is 1. The Hall–Kier alpha value is -2.72. The number of esters is 1. The highest BCUT2D eigenvalue weighted by Gasteiger charge is 2.74. The lowest BCUT2D eigenvalue weighted by molar-refractivity contribution is -0.167. The summed E-state index contributed by atoms with van der Waals surface area (Å²) in [6.07, 6.45) is 0.930. The Kier molecular flexibility index (Phi) is 9.08. The first-order chi connectivity index (χ1) is 20.7. The molecule has 2 aliphatic heterocycles. The van der Waals surface area contributed by atoms with Crippen molar-refractivity contribution in [1.82, 2.24) is 30.4 Å². The summed E-state index contributed by atoms with van der Waals surface area (Å²) in [5.41, 5.74) is -1.27. The van der Waals surface area contributed by atoms with Crippen molar-refractivity contribution < 1.29 is 28.7 Å². The van der Waals surface area contributed by atoms with Crippen LogP contribution in [0, 0.1) is 5.92 Å². The maximum atomic E-state index is 13.9. The lowest BCUT2D eigenvalue weighted by Gasteiger charge is -2.51. The molecule has 1 N–H and O–H groups in total. The van der Waals surface area contributed by atoms with E-state index in [-0.39, 0.29) is 17.8 Å². The third kappa shape index (κ3) is 6.08. The van der Waals surface area contributed by atoms with Gasteiger partial charge in [-0.15, -0.1) is 16.9 Å². The highest BCUT2D eigenvalue weighted by molar-refractivity contribution is 8.01. The highest BCUT2D eigenvalue weighted by atomic mass is 35.6. The number of tetrazole rings is 1. The number of para-hydroxylation sites is 1. The van der Waals surface area contributed by atoms with E-state index in [0.717, 1.165) is 30.0 Å². The van der Waals surface area contributed by atoms with Gasteiger partial charge in [-0.1, -0.05) is 65.2 Å². The topological polar surface area (TPSA) is 149 Å². The van der Waals surface area contributed by atoms with E-state index in [1.807, 2.05) is 6.92 Å². The van der Waals surface area contributed by atoms with Crippen LogP contribution < -0.4 is 10.2 Å². The van der Waals surface area contributed by atoms with Gasteiger partial charge in [0.15, 0.2) is 17.4 Å². The maximum absolute atomic E-state index is 13.9. The van der Waals surface area contributed by atoms with E-state index >= 15 is 0 Å². The Balaban J connectivity index is 1.40. The molecule has 3 heterocycles. The van der Waals surface area contributed by atoms with Crippen LogP contribution in [0.25, 0.3) is 0 Å². The number of ether oxygens (including phenoxy) is 2. The summed E-state index contributed by atoms with van der Waals surface area (Å²) >= 11 is 23.8. The standard InChI is InChI=1S/C26H28Cl3N7O6S2/c1-14(15-9-10-15)42-23(40)35(16-7-5-4-6-8-16)11-17(37)30-25(13-43)21(39)36-18(19(38)41-12-26(27,28)29)24(2,44-22(25)36)20-31-32-33-34(20)3/h4-8,13-15,18,22H,9-12H2,1-3H3,(H,30,37)/t14?,18?,22-,24?,25?/m0/s1. The van der Waals surface area contributed by atoms with Crippen LogP contribution in [0.15, 0.2) is 30.3 Å². The van der Waals surface area contributed by atoms with Gasteiger partial charge in [0.2, 0.25) is 9.70 Å². The number of carbonyl (C=O) groups is 4. The summed E-state index contributed by atoms with van der Waals surface area (Å²) in [4.78, 5) is 56.5. The zero-order valence-corrected chi connectivity index (χ0v) is 27.6. The minimum absolute atomic E-state index is 0.257. The molecule has 3 amide bonds. The molecule has 3 aliphatic rings. The number of nitrogens with one attached hydrogen (secondary N) is 1. The van der Waals surface area contributed by atoms with E-state index < -0.39 is 62.5 Å². The number of alkyl halides is 3. The van der Waals surface area contributed by atoms with Gasteiger partial charge in [-0.2, -0.15) is 0 Å². The highest BCUT2D eigenvalue weighted by Crippen LogP contribution is 2.58. The molecule has 1 aromatic heterocycles. The average molecular weight is 705 g/mol. The smallest absolute Gasteiger partial charge is 0.415 e. The van der Waals surface area contributed by atoms with Crippen molar-refractivity contribution in [3.05, 3.63) is 36.2 Å². The van der Waals surface area contributed by atoms with Gasteiger partial charge in [0, 0.05) is 18.1 Å². The van der Waals surface area contributed by atoms with Crippen LogP contribution in [0.5, 0.6) is 0 Å².